The summed E-state index contributed by atoms with van der Waals surface area (Å²) in [6.07, 6.45) is 2.25. The first kappa shape index (κ1) is 14.2. The van der Waals surface area contributed by atoms with Crippen LogP contribution in [0.5, 0.6) is 0 Å². The van der Waals surface area contributed by atoms with Gasteiger partial charge in [0.2, 0.25) is 0 Å². The third-order valence-corrected chi connectivity index (χ3v) is 3.15. The van der Waals surface area contributed by atoms with E-state index in [1.165, 1.54) is 16.7 Å². The minimum Gasteiger partial charge on any atom is -0.377 e. The summed E-state index contributed by atoms with van der Waals surface area (Å²) in [6, 6.07) is 6.43. The summed E-state index contributed by atoms with van der Waals surface area (Å²) in [4.78, 5) is 0. The average Bonchev–Trinajstić information content (AvgIpc) is 2.31. The molecule has 0 amide bonds. The zero-order valence-electron chi connectivity index (χ0n) is 11.5. The second-order valence-corrected chi connectivity index (χ2v) is 4.67. The third kappa shape index (κ3) is 3.83. The molecule has 0 aromatic heterocycles. The number of nitrogens with two attached hydrogens (primary N) is 1. The highest BCUT2D eigenvalue weighted by atomic mass is 16.5. The summed E-state index contributed by atoms with van der Waals surface area (Å²) in [5, 5.41) is 0. The van der Waals surface area contributed by atoms with E-state index >= 15 is 0 Å². The van der Waals surface area contributed by atoms with Crippen LogP contribution in [0.1, 0.15) is 49.4 Å². The molecule has 0 saturated heterocycles. The zero-order chi connectivity index (χ0) is 12.8. The predicted octanol–water partition coefficient (Wildman–Crippen LogP) is 3.51. The molecule has 0 aliphatic heterocycles. The average molecular weight is 235 g/mol. The standard InChI is InChI=1S/C15H25NO/c1-5-7-14(17-6-2)15(16)13-10-11(3)8-9-12(13)4/h8-10,14-15H,5-7,16H2,1-4H3. The van der Waals surface area contributed by atoms with E-state index in [1.54, 1.807) is 0 Å². The van der Waals surface area contributed by atoms with E-state index in [1.807, 2.05) is 6.92 Å². The van der Waals surface area contributed by atoms with Crippen LogP contribution in [0, 0.1) is 13.8 Å². The topological polar surface area (TPSA) is 35.2 Å². The van der Waals surface area contributed by atoms with Gasteiger partial charge >= 0.3 is 0 Å². The van der Waals surface area contributed by atoms with Crippen molar-refractivity contribution in [3.8, 4) is 0 Å². The lowest BCUT2D eigenvalue weighted by Crippen LogP contribution is -2.29. The van der Waals surface area contributed by atoms with E-state index < -0.39 is 0 Å². The van der Waals surface area contributed by atoms with Gasteiger partial charge in [-0.25, -0.2) is 0 Å². The highest BCUT2D eigenvalue weighted by Crippen LogP contribution is 2.24. The first-order chi connectivity index (χ1) is 8.10. The van der Waals surface area contributed by atoms with Gasteiger partial charge in [-0.05, 0) is 38.3 Å². The fraction of sp³-hybridized carbons (Fsp3) is 0.600. The molecular weight excluding hydrogens is 210 g/mol. The fourth-order valence-corrected chi connectivity index (χ4v) is 2.18. The molecule has 0 saturated carbocycles. The summed E-state index contributed by atoms with van der Waals surface area (Å²) in [6.45, 7) is 9.14. The molecule has 96 valence electrons. The zero-order valence-corrected chi connectivity index (χ0v) is 11.5. The maximum Gasteiger partial charge on any atom is 0.0767 e. The van der Waals surface area contributed by atoms with Crippen molar-refractivity contribution in [2.75, 3.05) is 6.61 Å². The van der Waals surface area contributed by atoms with Crippen molar-refractivity contribution < 1.29 is 4.74 Å². The number of benzene rings is 1. The Bertz CT molecular complexity index is 343. The van der Waals surface area contributed by atoms with E-state index in [0.29, 0.717) is 0 Å². The first-order valence-corrected chi connectivity index (χ1v) is 6.54. The lowest BCUT2D eigenvalue weighted by Gasteiger charge is -2.25. The number of hydrogen-bond acceptors (Lipinski definition) is 2. The molecule has 0 bridgehead atoms. The Morgan fingerprint density at radius 2 is 1.94 bits per heavy atom. The van der Waals surface area contributed by atoms with Crippen molar-refractivity contribution in [2.24, 2.45) is 5.73 Å². The number of aryl methyl sites for hydroxylation is 2. The SMILES string of the molecule is CCCC(OCC)C(N)c1cc(C)ccc1C. The van der Waals surface area contributed by atoms with Gasteiger partial charge in [0.05, 0.1) is 12.1 Å². The van der Waals surface area contributed by atoms with Crippen molar-refractivity contribution in [1.29, 1.82) is 0 Å². The lowest BCUT2D eigenvalue weighted by atomic mass is 9.94. The summed E-state index contributed by atoms with van der Waals surface area (Å²) in [5.41, 5.74) is 10.1. The molecule has 0 radical (unpaired) electrons. The lowest BCUT2D eigenvalue weighted by molar-refractivity contribution is 0.0373. The summed E-state index contributed by atoms with van der Waals surface area (Å²) in [7, 11) is 0. The normalized spacial score (nSPS) is 14.6. The highest BCUT2D eigenvalue weighted by Gasteiger charge is 2.20. The van der Waals surface area contributed by atoms with E-state index in [0.717, 1.165) is 19.4 Å². The molecule has 1 aromatic carbocycles. The largest absolute Gasteiger partial charge is 0.377 e. The Balaban J connectivity index is 2.91. The van der Waals surface area contributed by atoms with E-state index in [-0.39, 0.29) is 12.1 Å². The summed E-state index contributed by atoms with van der Waals surface area (Å²) in [5.74, 6) is 0. The van der Waals surface area contributed by atoms with Gasteiger partial charge in [0.1, 0.15) is 0 Å². The Morgan fingerprint density at radius 3 is 2.53 bits per heavy atom. The molecule has 0 heterocycles. The van der Waals surface area contributed by atoms with Gasteiger partial charge in [0, 0.05) is 6.61 Å². The van der Waals surface area contributed by atoms with Crippen LogP contribution in [0.3, 0.4) is 0 Å². The molecular formula is C15H25NO. The number of ether oxygens (including phenoxy) is 1. The van der Waals surface area contributed by atoms with Crippen LogP contribution in [0.15, 0.2) is 18.2 Å². The Hall–Kier alpha value is -0.860. The van der Waals surface area contributed by atoms with Crippen molar-refractivity contribution in [3.63, 3.8) is 0 Å². The van der Waals surface area contributed by atoms with Crippen LogP contribution in [0.4, 0.5) is 0 Å². The van der Waals surface area contributed by atoms with Crippen LogP contribution < -0.4 is 5.73 Å². The monoisotopic (exact) mass is 235 g/mol. The minimum absolute atomic E-state index is 0.0187. The van der Waals surface area contributed by atoms with Crippen molar-refractivity contribution >= 4 is 0 Å². The van der Waals surface area contributed by atoms with Crippen molar-refractivity contribution in [3.05, 3.63) is 34.9 Å². The molecule has 0 spiro atoms. The Kier molecular flexibility index (Phi) is 5.66. The van der Waals surface area contributed by atoms with Crippen molar-refractivity contribution in [1.82, 2.24) is 0 Å². The van der Waals surface area contributed by atoms with Gasteiger partial charge in [-0.3, -0.25) is 0 Å². The summed E-state index contributed by atoms with van der Waals surface area (Å²) >= 11 is 0. The Labute approximate surface area is 105 Å². The van der Waals surface area contributed by atoms with Crippen LogP contribution in [-0.4, -0.2) is 12.7 Å². The maximum absolute atomic E-state index is 6.36. The van der Waals surface area contributed by atoms with Gasteiger partial charge in [-0.2, -0.15) is 0 Å². The molecule has 17 heavy (non-hydrogen) atoms. The molecule has 2 heteroatoms. The first-order valence-electron chi connectivity index (χ1n) is 6.54. The number of hydrogen-bond donors (Lipinski definition) is 1. The molecule has 2 unspecified atom stereocenters. The van der Waals surface area contributed by atoms with Crippen LogP contribution in [-0.2, 0) is 4.74 Å². The molecule has 0 aliphatic rings. The van der Waals surface area contributed by atoms with Crippen LogP contribution in [0.2, 0.25) is 0 Å². The summed E-state index contributed by atoms with van der Waals surface area (Å²) < 4.78 is 5.77. The maximum atomic E-state index is 6.36. The highest BCUT2D eigenvalue weighted by molar-refractivity contribution is 5.33. The second kappa shape index (κ2) is 6.77. The molecule has 2 nitrogen and oxygen atoms in total. The predicted molar refractivity (Wildman–Crippen MR) is 73.2 cm³/mol. The molecule has 1 aromatic rings. The van der Waals surface area contributed by atoms with Gasteiger partial charge < -0.3 is 10.5 Å². The number of rotatable bonds is 6. The minimum atomic E-state index is -0.0187. The van der Waals surface area contributed by atoms with Crippen molar-refractivity contribution in [2.45, 2.75) is 52.7 Å². The fourth-order valence-electron chi connectivity index (χ4n) is 2.18. The van der Waals surface area contributed by atoms with Gasteiger partial charge in [-0.1, -0.05) is 37.1 Å². The van der Waals surface area contributed by atoms with E-state index in [9.17, 15) is 0 Å². The van der Waals surface area contributed by atoms with Gasteiger partial charge in [0.15, 0.2) is 0 Å². The molecule has 0 fully saturated rings. The van der Waals surface area contributed by atoms with Gasteiger partial charge in [0.25, 0.3) is 0 Å². The van der Waals surface area contributed by atoms with E-state index in [4.69, 9.17) is 10.5 Å². The molecule has 2 N–H and O–H groups in total. The van der Waals surface area contributed by atoms with Crippen LogP contribution in [0.25, 0.3) is 0 Å². The van der Waals surface area contributed by atoms with Gasteiger partial charge in [-0.15, -0.1) is 0 Å². The Morgan fingerprint density at radius 1 is 1.24 bits per heavy atom. The molecule has 0 aliphatic carbocycles. The smallest absolute Gasteiger partial charge is 0.0767 e. The van der Waals surface area contributed by atoms with Crippen LogP contribution >= 0.6 is 0 Å². The second-order valence-electron chi connectivity index (χ2n) is 4.67. The quantitative estimate of drug-likeness (QED) is 0.819. The molecule has 1 rings (SSSR count). The van der Waals surface area contributed by atoms with E-state index in [2.05, 4.69) is 39.0 Å². The third-order valence-electron chi connectivity index (χ3n) is 3.15. The molecule has 2 atom stereocenters.